The highest BCUT2D eigenvalue weighted by Gasteiger charge is 2.34. The van der Waals surface area contributed by atoms with Crippen LogP contribution < -0.4 is 10.5 Å². The van der Waals surface area contributed by atoms with Crippen LogP contribution in [0.1, 0.15) is 45.4 Å². The number of rotatable bonds is 9. The van der Waals surface area contributed by atoms with E-state index in [0.717, 1.165) is 18.6 Å². The zero-order valence-electron chi connectivity index (χ0n) is 15.4. The van der Waals surface area contributed by atoms with Crippen LogP contribution in [0.3, 0.4) is 0 Å². The number of carbonyl (C=O) groups excluding carboxylic acids is 2. The number of nitrogens with two attached hydrogens (primary N) is 1. The van der Waals surface area contributed by atoms with E-state index in [-0.39, 0.29) is 12.3 Å². The van der Waals surface area contributed by atoms with Gasteiger partial charge in [0, 0.05) is 13.0 Å². The summed E-state index contributed by atoms with van der Waals surface area (Å²) in [5.74, 6) is 0.174. The van der Waals surface area contributed by atoms with Crippen LogP contribution in [-0.2, 0) is 9.59 Å². The third-order valence-electron chi connectivity index (χ3n) is 4.24. The predicted molar refractivity (Wildman–Crippen MR) is 106 cm³/mol. The summed E-state index contributed by atoms with van der Waals surface area (Å²) in [7, 11) is 1.61. The van der Waals surface area contributed by atoms with Crippen molar-refractivity contribution in [1.82, 2.24) is 4.90 Å². The molecule has 1 unspecified atom stereocenters. The van der Waals surface area contributed by atoms with E-state index in [0.29, 0.717) is 17.4 Å². The predicted octanol–water partition coefficient (Wildman–Crippen LogP) is 3.47. The van der Waals surface area contributed by atoms with Crippen molar-refractivity contribution in [2.75, 3.05) is 13.7 Å². The summed E-state index contributed by atoms with van der Waals surface area (Å²) in [4.78, 5) is 30.4. The van der Waals surface area contributed by atoms with E-state index in [4.69, 9.17) is 10.5 Å². The van der Waals surface area contributed by atoms with E-state index < -0.39 is 11.2 Å². The molecule has 26 heavy (non-hydrogen) atoms. The normalized spacial score (nSPS) is 19.0. The van der Waals surface area contributed by atoms with Crippen LogP contribution in [0.2, 0.25) is 0 Å². The Kier molecular flexibility index (Phi) is 7.97. The summed E-state index contributed by atoms with van der Waals surface area (Å²) >= 11 is 1.27. The first kappa shape index (κ1) is 20.3. The van der Waals surface area contributed by atoms with Gasteiger partial charge in [-0.05, 0) is 30.7 Å². The molecule has 0 spiro atoms. The minimum absolute atomic E-state index is 0.0877. The van der Waals surface area contributed by atoms with Gasteiger partial charge in [-0.1, -0.05) is 44.4 Å². The number of nitrogens with zero attached hydrogens (tertiary/aromatic N) is 2. The molecule has 7 heteroatoms. The number of amidine groups is 1. The van der Waals surface area contributed by atoms with Crippen molar-refractivity contribution < 1.29 is 14.3 Å². The van der Waals surface area contributed by atoms with Gasteiger partial charge in [-0.3, -0.25) is 14.5 Å². The average molecular weight is 378 g/mol. The smallest absolute Gasteiger partial charge is 0.231 e. The Hall–Kier alpha value is -2.02. The minimum atomic E-state index is -0.559. The van der Waals surface area contributed by atoms with Crippen molar-refractivity contribution in [2.45, 2.75) is 50.7 Å². The third kappa shape index (κ3) is 5.76. The Balaban J connectivity index is 2.14. The SMILES string of the molecule is CCCCCCCN1C(=O)CC(C(N)=O)SC1=Nc1ccc(OC)cc1. The van der Waals surface area contributed by atoms with Gasteiger partial charge in [0.25, 0.3) is 0 Å². The lowest BCUT2D eigenvalue weighted by Crippen LogP contribution is -2.45. The molecule has 142 valence electrons. The van der Waals surface area contributed by atoms with Crippen molar-refractivity contribution >= 4 is 34.4 Å². The van der Waals surface area contributed by atoms with Gasteiger partial charge < -0.3 is 10.5 Å². The van der Waals surface area contributed by atoms with Crippen LogP contribution in [0.15, 0.2) is 29.3 Å². The molecule has 1 aliphatic rings. The van der Waals surface area contributed by atoms with Gasteiger partial charge in [0.2, 0.25) is 11.8 Å². The molecule has 0 bridgehead atoms. The molecule has 0 saturated carbocycles. The van der Waals surface area contributed by atoms with Gasteiger partial charge in [-0.2, -0.15) is 0 Å². The molecule has 0 radical (unpaired) electrons. The first-order valence-corrected chi connectivity index (χ1v) is 9.92. The summed E-state index contributed by atoms with van der Waals surface area (Å²) < 4.78 is 5.15. The number of aliphatic imine (C=N–C) groups is 1. The van der Waals surface area contributed by atoms with E-state index in [1.165, 1.54) is 31.0 Å². The topological polar surface area (TPSA) is 85.0 Å². The van der Waals surface area contributed by atoms with Gasteiger partial charge in [0.1, 0.15) is 5.75 Å². The second kappa shape index (κ2) is 10.2. The van der Waals surface area contributed by atoms with E-state index >= 15 is 0 Å². The number of unbranched alkanes of at least 4 members (excludes halogenated alkanes) is 4. The fourth-order valence-corrected chi connectivity index (χ4v) is 3.79. The maximum atomic E-state index is 12.5. The highest BCUT2D eigenvalue weighted by atomic mass is 32.2. The minimum Gasteiger partial charge on any atom is -0.497 e. The number of thioether (sulfide) groups is 1. The maximum absolute atomic E-state index is 12.5. The number of carbonyl (C=O) groups is 2. The number of primary amides is 1. The van der Waals surface area contributed by atoms with Crippen molar-refractivity contribution in [3.8, 4) is 5.75 Å². The molecule has 0 aliphatic carbocycles. The van der Waals surface area contributed by atoms with Crippen LogP contribution >= 0.6 is 11.8 Å². The average Bonchev–Trinajstić information content (AvgIpc) is 2.63. The number of ether oxygens (including phenoxy) is 1. The van der Waals surface area contributed by atoms with E-state index in [1.54, 1.807) is 12.0 Å². The zero-order chi connectivity index (χ0) is 18.9. The quantitative estimate of drug-likeness (QED) is 0.668. The third-order valence-corrected chi connectivity index (χ3v) is 5.45. The number of benzene rings is 1. The van der Waals surface area contributed by atoms with Crippen LogP contribution in [0.25, 0.3) is 0 Å². The molecular formula is C19H27N3O3S. The Bertz CT molecular complexity index is 646. The summed E-state index contributed by atoms with van der Waals surface area (Å²) in [5, 5.41) is -0.0125. The second-order valence-corrected chi connectivity index (χ2v) is 7.43. The lowest BCUT2D eigenvalue weighted by Gasteiger charge is -2.31. The van der Waals surface area contributed by atoms with Crippen LogP contribution in [0.4, 0.5) is 5.69 Å². The van der Waals surface area contributed by atoms with Gasteiger partial charge in [-0.15, -0.1) is 0 Å². The Morgan fingerprint density at radius 3 is 2.58 bits per heavy atom. The largest absolute Gasteiger partial charge is 0.497 e. The number of hydrogen-bond acceptors (Lipinski definition) is 5. The molecular weight excluding hydrogens is 350 g/mol. The zero-order valence-corrected chi connectivity index (χ0v) is 16.3. The van der Waals surface area contributed by atoms with E-state index in [2.05, 4.69) is 11.9 Å². The van der Waals surface area contributed by atoms with Crippen LogP contribution in [0, 0.1) is 0 Å². The molecule has 1 aromatic rings. The van der Waals surface area contributed by atoms with E-state index in [9.17, 15) is 9.59 Å². The summed E-state index contributed by atoms with van der Waals surface area (Å²) in [6.07, 6.45) is 5.70. The van der Waals surface area contributed by atoms with Crippen molar-refractivity contribution in [3.05, 3.63) is 24.3 Å². The summed E-state index contributed by atoms with van der Waals surface area (Å²) in [6.45, 7) is 2.80. The number of methoxy groups -OCH3 is 1. The molecule has 0 aromatic heterocycles. The number of hydrogen-bond donors (Lipinski definition) is 1. The summed E-state index contributed by atoms with van der Waals surface area (Å²) in [6, 6.07) is 7.28. The van der Waals surface area contributed by atoms with Crippen molar-refractivity contribution in [3.63, 3.8) is 0 Å². The van der Waals surface area contributed by atoms with Gasteiger partial charge in [0.15, 0.2) is 5.17 Å². The maximum Gasteiger partial charge on any atom is 0.231 e. The van der Waals surface area contributed by atoms with Crippen molar-refractivity contribution in [1.29, 1.82) is 0 Å². The molecule has 1 heterocycles. The molecule has 1 fully saturated rings. The van der Waals surface area contributed by atoms with Gasteiger partial charge in [0.05, 0.1) is 18.0 Å². The Morgan fingerprint density at radius 1 is 1.27 bits per heavy atom. The highest BCUT2D eigenvalue weighted by Crippen LogP contribution is 2.29. The molecule has 1 aromatic carbocycles. The first-order chi connectivity index (χ1) is 12.5. The van der Waals surface area contributed by atoms with E-state index in [1.807, 2.05) is 24.3 Å². The van der Waals surface area contributed by atoms with Gasteiger partial charge >= 0.3 is 0 Å². The monoisotopic (exact) mass is 377 g/mol. The van der Waals surface area contributed by atoms with Crippen molar-refractivity contribution in [2.24, 2.45) is 10.7 Å². The lowest BCUT2D eigenvalue weighted by atomic mass is 10.1. The summed E-state index contributed by atoms with van der Waals surface area (Å²) in [5.41, 5.74) is 6.13. The van der Waals surface area contributed by atoms with Crippen LogP contribution in [0.5, 0.6) is 5.75 Å². The van der Waals surface area contributed by atoms with Gasteiger partial charge in [-0.25, -0.2) is 4.99 Å². The molecule has 2 amide bonds. The fraction of sp³-hybridized carbons (Fsp3) is 0.526. The highest BCUT2D eigenvalue weighted by molar-refractivity contribution is 8.15. The van der Waals surface area contributed by atoms with Crippen LogP contribution in [-0.4, -0.2) is 40.8 Å². The molecule has 2 rings (SSSR count). The number of amides is 2. The molecule has 2 N–H and O–H groups in total. The fourth-order valence-electron chi connectivity index (χ4n) is 2.71. The Morgan fingerprint density at radius 2 is 1.96 bits per heavy atom. The standard InChI is InChI=1S/C19H27N3O3S/c1-3-4-5-6-7-12-22-17(23)13-16(18(20)24)26-19(22)21-14-8-10-15(25-2)11-9-14/h8-11,16H,3-7,12-13H2,1-2H3,(H2,20,24). The molecule has 1 aliphatic heterocycles. The second-order valence-electron chi connectivity index (χ2n) is 6.26. The Labute approximate surface area is 159 Å². The lowest BCUT2D eigenvalue weighted by molar-refractivity contribution is -0.129. The molecule has 1 atom stereocenters. The molecule has 6 nitrogen and oxygen atoms in total. The first-order valence-electron chi connectivity index (χ1n) is 9.04. The molecule has 1 saturated heterocycles.